The van der Waals surface area contributed by atoms with Gasteiger partial charge in [-0.25, -0.2) is 0 Å². The van der Waals surface area contributed by atoms with Crippen molar-refractivity contribution in [2.75, 3.05) is 26.2 Å². The van der Waals surface area contributed by atoms with Gasteiger partial charge in [-0.15, -0.1) is 16.6 Å². The van der Waals surface area contributed by atoms with E-state index in [4.69, 9.17) is 44.7 Å². The van der Waals surface area contributed by atoms with Gasteiger partial charge in [-0.3, -0.25) is 0 Å². The molecule has 101 valence electrons. The molecular weight excluding hydrogens is 275 g/mol. The quantitative estimate of drug-likeness (QED) is 0.286. The molecule has 0 amide bonds. The molecule has 0 spiro atoms. The van der Waals surface area contributed by atoms with Crippen molar-refractivity contribution in [1.82, 2.24) is 0 Å². The second kappa shape index (κ2) is 63.6. The molecule has 13 heteroatoms. The Balaban J connectivity index is -0.0000000411. The molecular formula is C4H13CoN12-3. The van der Waals surface area contributed by atoms with Crippen LogP contribution in [0.1, 0.15) is 0 Å². The average Bonchev–Trinajstić information content (AvgIpc) is 2.22. The van der Waals surface area contributed by atoms with Crippen LogP contribution in [0.4, 0.5) is 0 Å². The fourth-order valence-electron chi connectivity index (χ4n) is 0.270. The molecule has 0 unspecified atom stereocenters. The van der Waals surface area contributed by atoms with Crippen molar-refractivity contribution in [3.05, 3.63) is 48.1 Å². The van der Waals surface area contributed by atoms with E-state index in [9.17, 15) is 0 Å². The predicted molar refractivity (Wildman–Crippen MR) is 59.8 cm³/mol. The normalized spacial score (nSPS) is 5.29. The van der Waals surface area contributed by atoms with Crippen LogP contribution in [0.3, 0.4) is 0 Å². The summed E-state index contributed by atoms with van der Waals surface area (Å²) >= 11 is 0. The predicted octanol–water partition coefficient (Wildman–Crippen LogP) is 4.09. The van der Waals surface area contributed by atoms with Crippen LogP contribution in [0.5, 0.6) is 0 Å². The molecule has 0 fully saturated rings. The van der Waals surface area contributed by atoms with E-state index in [0.29, 0.717) is 26.2 Å². The molecule has 0 aliphatic heterocycles. The third-order valence-corrected chi connectivity index (χ3v) is 0.540. The number of rotatable bonds is 4. The molecule has 0 atom stereocenters. The molecule has 0 aromatic heterocycles. The monoisotopic (exact) mass is 288 g/mol. The largest absolute Gasteiger partial charge is 0.679 e. The van der Waals surface area contributed by atoms with Crippen LogP contribution in [0.25, 0.3) is 48.1 Å². The van der Waals surface area contributed by atoms with Gasteiger partial charge in [-0.1, -0.05) is 0 Å². The van der Waals surface area contributed by atoms with Crippen molar-refractivity contribution in [2.24, 2.45) is 0 Å². The summed E-state index contributed by atoms with van der Waals surface area (Å²) in [5.41, 5.74) is 50.0. The zero-order chi connectivity index (χ0) is 13.7. The summed E-state index contributed by atoms with van der Waals surface area (Å²) in [5, 5.41) is 3.83. The van der Waals surface area contributed by atoms with E-state index in [1.54, 1.807) is 14.7 Å². The van der Waals surface area contributed by atoms with Gasteiger partial charge < -0.3 is 16.8 Å². The smallest absolute Gasteiger partial charge is 0 e. The van der Waals surface area contributed by atoms with Crippen molar-refractivity contribution in [1.29, 1.82) is 16.6 Å². The van der Waals surface area contributed by atoms with E-state index in [-0.39, 0.29) is 16.8 Å². The molecule has 12 nitrogen and oxygen atoms in total. The minimum Gasteiger partial charge on any atom is -0.679 e. The summed E-state index contributed by atoms with van der Waals surface area (Å²) in [6, 6.07) is 0. The summed E-state index contributed by atoms with van der Waals surface area (Å²) in [5.74, 6) is 0. The first kappa shape index (κ1) is 29.5. The van der Waals surface area contributed by atoms with Gasteiger partial charge in [0.05, 0.1) is 0 Å². The van der Waals surface area contributed by atoms with Gasteiger partial charge in [0.2, 0.25) is 0 Å². The minimum absolute atomic E-state index is 0. The average molecular weight is 288 g/mol. The third-order valence-electron chi connectivity index (χ3n) is 0.540. The van der Waals surface area contributed by atoms with Crippen molar-refractivity contribution in [3.63, 3.8) is 0 Å². The third kappa shape index (κ3) is 405. The van der Waals surface area contributed by atoms with Crippen molar-refractivity contribution < 1.29 is 16.8 Å². The van der Waals surface area contributed by atoms with E-state index in [1.807, 2.05) is 0 Å². The first-order valence-corrected chi connectivity index (χ1v) is 3.61. The zero-order valence-electron chi connectivity index (χ0n) is 8.79. The Bertz CT molecular complexity index is 164. The number of hydrogen-bond donors (Lipinski definition) is 3. The Labute approximate surface area is 108 Å². The van der Waals surface area contributed by atoms with Gasteiger partial charge in [0.1, 0.15) is 0 Å². The van der Waals surface area contributed by atoms with Crippen LogP contribution in [-0.2, 0) is 16.8 Å². The van der Waals surface area contributed by atoms with E-state index in [0.717, 1.165) is 0 Å². The minimum atomic E-state index is 0. The summed E-state index contributed by atoms with van der Waals surface area (Å²) in [7, 11) is 0. The molecule has 0 saturated carbocycles. The molecule has 0 aromatic rings. The molecule has 0 heterocycles. The van der Waals surface area contributed by atoms with Crippen LogP contribution in [0.2, 0.25) is 0 Å². The van der Waals surface area contributed by atoms with Gasteiger partial charge in [0.15, 0.2) is 0 Å². The van der Waals surface area contributed by atoms with Crippen LogP contribution in [0.15, 0.2) is 0 Å². The van der Waals surface area contributed by atoms with E-state index < -0.39 is 0 Å². The maximum absolute atomic E-state index is 6.86. The standard InChI is InChI=1S/C4H10N3.Co.3HN3/c5-1-3-7-4-2-6;;3*1-3-2/h5-6H,1-4H2;;3*1H/q-3;;;;. The molecule has 0 aromatic carbocycles. The van der Waals surface area contributed by atoms with Crippen molar-refractivity contribution >= 4 is 0 Å². The van der Waals surface area contributed by atoms with E-state index in [2.05, 4.69) is 5.32 Å². The second-order valence-electron chi connectivity index (χ2n) is 1.47. The van der Waals surface area contributed by atoms with E-state index in [1.165, 1.54) is 0 Å². The molecule has 0 aliphatic carbocycles. The topological polar surface area (TPSA) is 242 Å². The maximum atomic E-state index is 6.86. The van der Waals surface area contributed by atoms with Crippen LogP contribution in [-0.4, -0.2) is 26.2 Å². The summed E-state index contributed by atoms with van der Waals surface area (Å²) in [6.45, 7) is 1.91. The molecule has 0 saturated heterocycles. The van der Waals surface area contributed by atoms with Gasteiger partial charge in [0, 0.05) is 16.8 Å². The van der Waals surface area contributed by atoms with Gasteiger partial charge in [-0.05, 0) is 31.3 Å². The summed E-state index contributed by atoms with van der Waals surface area (Å²) in [4.78, 5) is 5.25. The van der Waals surface area contributed by atoms with Gasteiger partial charge >= 0.3 is 0 Å². The van der Waals surface area contributed by atoms with Crippen LogP contribution in [0, 0.1) is 16.6 Å². The van der Waals surface area contributed by atoms with Crippen LogP contribution >= 0.6 is 0 Å². The Kier molecular flexibility index (Phi) is 110. The van der Waals surface area contributed by atoms with Crippen molar-refractivity contribution in [3.8, 4) is 0 Å². The summed E-state index contributed by atoms with van der Waals surface area (Å²) in [6.07, 6.45) is 0. The zero-order valence-corrected chi connectivity index (χ0v) is 9.83. The Morgan fingerprint density at radius 3 is 1.12 bits per heavy atom. The van der Waals surface area contributed by atoms with E-state index >= 15 is 0 Å². The Hall–Kier alpha value is -1.68. The van der Waals surface area contributed by atoms with Gasteiger partial charge in [-0.2, -0.15) is 26.2 Å². The first-order valence-electron chi connectivity index (χ1n) is 3.61. The fraction of sp³-hybridized carbons (Fsp3) is 1.00. The fourth-order valence-corrected chi connectivity index (χ4v) is 0.270. The van der Waals surface area contributed by atoms with Crippen LogP contribution < -0.4 is 0 Å². The molecule has 0 rings (SSSR count). The number of nitrogens with zero attached hydrogens (tertiary/aromatic N) is 7. The number of hydrogen-bond acceptors (Lipinski definition) is 3. The molecule has 0 aliphatic rings. The van der Waals surface area contributed by atoms with Gasteiger partial charge in [0.25, 0.3) is 0 Å². The summed E-state index contributed by atoms with van der Waals surface area (Å²) < 4.78 is 0. The molecule has 5 N–H and O–H groups in total. The van der Waals surface area contributed by atoms with Crippen molar-refractivity contribution in [2.45, 2.75) is 0 Å². The molecule has 1 radical (unpaired) electrons. The Morgan fingerprint density at radius 2 is 1.00 bits per heavy atom. The first-order chi connectivity index (χ1) is 7.66. The molecule has 17 heavy (non-hydrogen) atoms. The maximum Gasteiger partial charge on any atom is 0 e. The molecule has 0 bridgehead atoms. The second-order valence-corrected chi connectivity index (χ2v) is 1.47. The SMILES string of the molecule is [Co].[N-]=[N+]=N.[N-]=[N+]=N.[N-]=[N+]=N.[NH-]CC[N-]CC[NH-]. The Morgan fingerprint density at radius 1 is 0.824 bits per heavy atom. The number of nitrogens with one attached hydrogen (secondary N) is 5.